The highest BCUT2D eigenvalue weighted by Crippen LogP contribution is 2.30. The summed E-state index contributed by atoms with van der Waals surface area (Å²) in [7, 11) is 5.27. The average molecular weight is 224 g/mol. The number of hydrogen-bond acceptors (Lipinski definition) is 4. The Bertz CT molecular complexity index is 353. The highest BCUT2D eigenvalue weighted by atomic mass is 16.5. The Labute approximate surface area is 96.9 Å². The van der Waals surface area contributed by atoms with E-state index in [4.69, 9.17) is 15.2 Å². The molecule has 0 amide bonds. The topological polar surface area (TPSA) is 47.7 Å². The molecule has 2 N–H and O–H groups in total. The molecule has 0 fully saturated rings. The molecule has 4 nitrogen and oxygen atoms in total. The molecule has 0 aromatic heterocycles. The Morgan fingerprint density at radius 1 is 1.19 bits per heavy atom. The Kier molecular flexibility index (Phi) is 4.58. The van der Waals surface area contributed by atoms with Gasteiger partial charge in [0.15, 0.2) is 11.5 Å². The Morgan fingerprint density at radius 2 is 1.75 bits per heavy atom. The van der Waals surface area contributed by atoms with E-state index in [1.165, 1.54) is 11.1 Å². The van der Waals surface area contributed by atoms with Gasteiger partial charge in [-0.3, -0.25) is 4.90 Å². The van der Waals surface area contributed by atoms with E-state index in [1.54, 1.807) is 14.2 Å². The zero-order chi connectivity index (χ0) is 12.1. The fourth-order valence-corrected chi connectivity index (χ4v) is 1.55. The van der Waals surface area contributed by atoms with Crippen molar-refractivity contribution in [3.63, 3.8) is 0 Å². The van der Waals surface area contributed by atoms with E-state index >= 15 is 0 Å². The van der Waals surface area contributed by atoms with Crippen LogP contribution in [0.5, 0.6) is 11.5 Å². The summed E-state index contributed by atoms with van der Waals surface area (Å²) in [5.74, 6) is 1.52. The van der Waals surface area contributed by atoms with Crippen LogP contribution in [-0.4, -0.2) is 32.8 Å². The summed E-state index contributed by atoms with van der Waals surface area (Å²) in [6.45, 7) is 3.40. The second kappa shape index (κ2) is 5.72. The van der Waals surface area contributed by atoms with Crippen molar-refractivity contribution in [1.82, 2.24) is 4.90 Å². The molecule has 4 heteroatoms. The van der Waals surface area contributed by atoms with Crippen LogP contribution in [0.15, 0.2) is 12.1 Å². The molecule has 0 heterocycles. The highest BCUT2D eigenvalue weighted by molar-refractivity contribution is 5.46. The molecule has 0 aliphatic carbocycles. The minimum atomic E-state index is 0.536. The maximum absolute atomic E-state index is 5.57. The first-order valence-corrected chi connectivity index (χ1v) is 5.22. The molecule has 1 aromatic rings. The van der Waals surface area contributed by atoms with Crippen LogP contribution in [0.1, 0.15) is 11.1 Å². The summed E-state index contributed by atoms with van der Waals surface area (Å²) in [5.41, 5.74) is 7.94. The number of ether oxygens (including phenoxy) is 2. The van der Waals surface area contributed by atoms with Gasteiger partial charge in [0.05, 0.1) is 14.2 Å². The Balaban J connectivity index is 3.01. The van der Waals surface area contributed by atoms with Crippen LogP contribution in [0.2, 0.25) is 0 Å². The standard InChI is InChI=1S/C12H20N2O2/c1-9-5-11(15-3)12(16-4)6-10(9)7-14(2)8-13/h5-6H,7-8,13H2,1-4H3. The van der Waals surface area contributed by atoms with Gasteiger partial charge >= 0.3 is 0 Å². The maximum atomic E-state index is 5.57. The fraction of sp³-hybridized carbons (Fsp3) is 0.500. The largest absolute Gasteiger partial charge is 0.493 e. The molecule has 0 radical (unpaired) electrons. The van der Waals surface area contributed by atoms with Crippen molar-refractivity contribution in [1.29, 1.82) is 0 Å². The molecule has 0 spiro atoms. The number of aryl methyl sites for hydroxylation is 1. The lowest BCUT2D eigenvalue weighted by molar-refractivity contribution is 0.331. The highest BCUT2D eigenvalue weighted by Gasteiger charge is 2.09. The molecule has 0 saturated carbocycles. The average Bonchev–Trinajstić information content (AvgIpc) is 2.30. The number of hydrogen-bond donors (Lipinski definition) is 1. The zero-order valence-corrected chi connectivity index (χ0v) is 10.4. The molecular weight excluding hydrogens is 204 g/mol. The van der Waals surface area contributed by atoms with Crippen molar-refractivity contribution in [3.05, 3.63) is 23.3 Å². The molecule has 0 atom stereocenters. The summed E-state index contributed by atoms with van der Waals surface area (Å²) in [6.07, 6.45) is 0. The van der Waals surface area contributed by atoms with Gasteiger partial charge in [-0.1, -0.05) is 0 Å². The second-order valence-corrected chi connectivity index (χ2v) is 3.83. The van der Waals surface area contributed by atoms with E-state index < -0.39 is 0 Å². The van der Waals surface area contributed by atoms with Crippen molar-refractivity contribution in [3.8, 4) is 11.5 Å². The third-order valence-electron chi connectivity index (χ3n) is 2.59. The van der Waals surface area contributed by atoms with E-state index in [0.717, 1.165) is 18.0 Å². The van der Waals surface area contributed by atoms with Crippen LogP contribution < -0.4 is 15.2 Å². The summed E-state index contributed by atoms with van der Waals surface area (Å²) in [6, 6.07) is 3.98. The fourth-order valence-electron chi connectivity index (χ4n) is 1.55. The molecule has 90 valence electrons. The predicted molar refractivity (Wildman–Crippen MR) is 64.8 cm³/mol. The van der Waals surface area contributed by atoms with Gasteiger partial charge in [0, 0.05) is 13.2 Å². The summed E-state index contributed by atoms with van der Waals surface area (Å²) >= 11 is 0. The maximum Gasteiger partial charge on any atom is 0.161 e. The molecule has 0 aliphatic rings. The third-order valence-corrected chi connectivity index (χ3v) is 2.59. The summed E-state index contributed by atoms with van der Waals surface area (Å²) in [5, 5.41) is 0. The van der Waals surface area contributed by atoms with Gasteiger partial charge in [-0.2, -0.15) is 0 Å². The van der Waals surface area contributed by atoms with E-state index in [1.807, 2.05) is 24.1 Å². The third kappa shape index (κ3) is 2.87. The van der Waals surface area contributed by atoms with Crippen molar-refractivity contribution < 1.29 is 9.47 Å². The lowest BCUT2D eigenvalue weighted by Gasteiger charge is -2.17. The lowest BCUT2D eigenvalue weighted by Crippen LogP contribution is -2.25. The van der Waals surface area contributed by atoms with Crippen molar-refractivity contribution >= 4 is 0 Å². The molecule has 1 rings (SSSR count). The predicted octanol–water partition coefficient (Wildman–Crippen LogP) is 1.36. The summed E-state index contributed by atoms with van der Waals surface area (Å²) < 4.78 is 10.5. The molecule has 0 saturated heterocycles. The minimum absolute atomic E-state index is 0.536. The number of benzene rings is 1. The van der Waals surface area contributed by atoms with Crippen molar-refractivity contribution in [2.45, 2.75) is 13.5 Å². The monoisotopic (exact) mass is 224 g/mol. The van der Waals surface area contributed by atoms with E-state index in [2.05, 4.69) is 6.92 Å². The SMILES string of the molecule is COc1cc(C)c(CN(C)CN)cc1OC. The van der Waals surface area contributed by atoms with Gasteiger partial charge in [-0.05, 0) is 37.2 Å². The zero-order valence-electron chi connectivity index (χ0n) is 10.4. The Hall–Kier alpha value is -1.26. The van der Waals surface area contributed by atoms with Crippen LogP contribution >= 0.6 is 0 Å². The molecule has 16 heavy (non-hydrogen) atoms. The van der Waals surface area contributed by atoms with Gasteiger partial charge < -0.3 is 15.2 Å². The molecule has 1 aromatic carbocycles. The van der Waals surface area contributed by atoms with Crippen LogP contribution in [0.3, 0.4) is 0 Å². The first kappa shape index (κ1) is 12.8. The Morgan fingerprint density at radius 3 is 2.25 bits per heavy atom. The van der Waals surface area contributed by atoms with Crippen LogP contribution in [0.25, 0.3) is 0 Å². The lowest BCUT2D eigenvalue weighted by atomic mass is 10.1. The normalized spacial score (nSPS) is 10.6. The van der Waals surface area contributed by atoms with Gasteiger partial charge in [0.1, 0.15) is 0 Å². The number of methoxy groups -OCH3 is 2. The minimum Gasteiger partial charge on any atom is -0.493 e. The molecule has 0 unspecified atom stereocenters. The second-order valence-electron chi connectivity index (χ2n) is 3.83. The van der Waals surface area contributed by atoms with Gasteiger partial charge in [0.25, 0.3) is 0 Å². The van der Waals surface area contributed by atoms with E-state index in [0.29, 0.717) is 6.67 Å². The number of nitrogens with zero attached hydrogens (tertiary/aromatic N) is 1. The van der Waals surface area contributed by atoms with Crippen molar-refractivity contribution in [2.75, 3.05) is 27.9 Å². The number of rotatable bonds is 5. The van der Waals surface area contributed by atoms with Gasteiger partial charge in [-0.15, -0.1) is 0 Å². The van der Waals surface area contributed by atoms with Crippen molar-refractivity contribution in [2.24, 2.45) is 5.73 Å². The summed E-state index contributed by atoms with van der Waals surface area (Å²) in [4.78, 5) is 2.04. The molecule has 0 bridgehead atoms. The molecular formula is C12H20N2O2. The van der Waals surface area contributed by atoms with E-state index in [9.17, 15) is 0 Å². The van der Waals surface area contributed by atoms with Crippen LogP contribution in [0.4, 0.5) is 0 Å². The van der Waals surface area contributed by atoms with Gasteiger partial charge in [0.2, 0.25) is 0 Å². The van der Waals surface area contributed by atoms with Crippen LogP contribution in [-0.2, 0) is 6.54 Å². The number of nitrogens with two attached hydrogens (primary N) is 1. The first-order valence-electron chi connectivity index (χ1n) is 5.22. The quantitative estimate of drug-likeness (QED) is 0.767. The smallest absolute Gasteiger partial charge is 0.161 e. The van der Waals surface area contributed by atoms with Gasteiger partial charge in [-0.25, -0.2) is 0 Å². The molecule has 0 aliphatic heterocycles. The first-order chi connectivity index (χ1) is 7.62. The van der Waals surface area contributed by atoms with Crippen LogP contribution in [0, 0.1) is 6.92 Å². The van der Waals surface area contributed by atoms with E-state index in [-0.39, 0.29) is 0 Å².